The number of nitrogens with zero attached hydrogens (tertiary/aromatic N) is 2. The molecule has 1 unspecified atom stereocenters. The Bertz CT molecular complexity index is 1300. The molecule has 0 fully saturated rings. The first-order valence-electron chi connectivity index (χ1n) is 11.6. The molecule has 0 spiro atoms. The standard InChI is InChI=1S/C28H31N3O3/c1-19-14-15-20(2)26(18-19)34-17-9-16-31-24-12-7-6-11-23(24)30-27(31)21(3)29-28(32)22-10-5-8-13-25(22)33-4/h5-8,10-15,18,21H,9,16-17H2,1-4H3,(H,29,32). The summed E-state index contributed by atoms with van der Waals surface area (Å²) < 4.78 is 13.6. The van der Waals surface area contributed by atoms with E-state index in [9.17, 15) is 4.79 Å². The molecule has 0 saturated carbocycles. The summed E-state index contributed by atoms with van der Waals surface area (Å²) in [6, 6.07) is 21.2. The number of carbonyl (C=O) groups is 1. The third kappa shape index (κ3) is 5.06. The summed E-state index contributed by atoms with van der Waals surface area (Å²) in [7, 11) is 1.56. The lowest BCUT2D eigenvalue weighted by atomic mass is 10.1. The molecule has 6 heteroatoms. The van der Waals surface area contributed by atoms with Crippen LogP contribution in [0.1, 0.15) is 46.7 Å². The number of aryl methyl sites for hydroxylation is 3. The number of para-hydroxylation sites is 3. The molecule has 0 aliphatic carbocycles. The van der Waals surface area contributed by atoms with E-state index in [1.165, 1.54) is 5.56 Å². The number of rotatable bonds is 9. The van der Waals surface area contributed by atoms with Gasteiger partial charge in [-0.15, -0.1) is 0 Å². The molecule has 1 N–H and O–H groups in total. The topological polar surface area (TPSA) is 65.4 Å². The van der Waals surface area contributed by atoms with Gasteiger partial charge in [-0.2, -0.15) is 0 Å². The molecule has 1 aromatic heterocycles. The SMILES string of the molecule is COc1ccccc1C(=O)NC(C)c1nc2ccccc2n1CCCOc1cc(C)ccc1C. The van der Waals surface area contributed by atoms with Crippen molar-refractivity contribution in [2.24, 2.45) is 0 Å². The van der Waals surface area contributed by atoms with Crippen LogP contribution in [-0.4, -0.2) is 29.2 Å². The van der Waals surface area contributed by atoms with Gasteiger partial charge < -0.3 is 19.4 Å². The monoisotopic (exact) mass is 457 g/mol. The van der Waals surface area contributed by atoms with Crippen molar-refractivity contribution >= 4 is 16.9 Å². The van der Waals surface area contributed by atoms with E-state index in [2.05, 4.69) is 48.0 Å². The zero-order chi connectivity index (χ0) is 24.1. The second kappa shape index (κ2) is 10.4. The van der Waals surface area contributed by atoms with Crippen molar-refractivity contribution in [3.8, 4) is 11.5 Å². The van der Waals surface area contributed by atoms with Crippen LogP contribution < -0.4 is 14.8 Å². The Morgan fingerprint density at radius 3 is 2.62 bits per heavy atom. The van der Waals surface area contributed by atoms with Crippen LogP contribution in [0.4, 0.5) is 0 Å². The quantitative estimate of drug-likeness (QED) is 0.331. The van der Waals surface area contributed by atoms with Crippen LogP contribution in [0.5, 0.6) is 11.5 Å². The Hall–Kier alpha value is -3.80. The van der Waals surface area contributed by atoms with Gasteiger partial charge in [0, 0.05) is 6.54 Å². The van der Waals surface area contributed by atoms with Gasteiger partial charge in [0.2, 0.25) is 0 Å². The molecule has 0 bridgehead atoms. The van der Waals surface area contributed by atoms with Gasteiger partial charge in [-0.1, -0.05) is 36.4 Å². The van der Waals surface area contributed by atoms with Crippen molar-refractivity contribution in [1.82, 2.24) is 14.9 Å². The fraction of sp³-hybridized carbons (Fsp3) is 0.286. The molecule has 0 aliphatic rings. The molecule has 176 valence electrons. The number of carbonyl (C=O) groups excluding carboxylic acids is 1. The van der Waals surface area contributed by atoms with Gasteiger partial charge in [-0.25, -0.2) is 4.98 Å². The largest absolute Gasteiger partial charge is 0.496 e. The van der Waals surface area contributed by atoms with Gasteiger partial charge >= 0.3 is 0 Å². The average molecular weight is 458 g/mol. The number of benzene rings is 3. The van der Waals surface area contributed by atoms with Crippen LogP contribution in [0, 0.1) is 13.8 Å². The minimum atomic E-state index is -0.287. The third-order valence-electron chi connectivity index (χ3n) is 5.90. The van der Waals surface area contributed by atoms with Crippen molar-refractivity contribution in [1.29, 1.82) is 0 Å². The number of amides is 1. The molecule has 4 rings (SSSR count). The van der Waals surface area contributed by atoms with E-state index in [-0.39, 0.29) is 11.9 Å². The summed E-state index contributed by atoms with van der Waals surface area (Å²) in [4.78, 5) is 17.8. The molecule has 0 aliphatic heterocycles. The van der Waals surface area contributed by atoms with Crippen molar-refractivity contribution in [2.75, 3.05) is 13.7 Å². The van der Waals surface area contributed by atoms with E-state index < -0.39 is 0 Å². The van der Waals surface area contributed by atoms with Gasteiger partial charge in [0.25, 0.3) is 5.91 Å². The number of imidazole rings is 1. The lowest BCUT2D eigenvalue weighted by Crippen LogP contribution is -2.29. The molecule has 1 heterocycles. The number of hydrogen-bond acceptors (Lipinski definition) is 4. The van der Waals surface area contributed by atoms with Crippen molar-refractivity contribution in [3.05, 3.63) is 89.2 Å². The first-order chi connectivity index (χ1) is 16.5. The lowest BCUT2D eigenvalue weighted by Gasteiger charge is -2.17. The molecule has 0 saturated heterocycles. The Kier molecular flexibility index (Phi) is 7.16. The number of ether oxygens (including phenoxy) is 2. The maximum Gasteiger partial charge on any atom is 0.255 e. The molecule has 3 aromatic carbocycles. The van der Waals surface area contributed by atoms with Crippen molar-refractivity contribution in [2.45, 2.75) is 39.8 Å². The fourth-order valence-corrected chi connectivity index (χ4v) is 4.10. The maximum atomic E-state index is 13.0. The fourth-order valence-electron chi connectivity index (χ4n) is 4.10. The van der Waals surface area contributed by atoms with E-state index in [1.807, 2.05) is 37.3 Å². The number of hydrogen-bond donors (Lipinski definition) is 1. The smallest absolute Gasteiger partial charge is 0.255 e. The summed E-state index contributed by atoms with van der Waals surface area (Å²) in [5.74, 6) is 2.09. The zero-order valence-corrected chi connectivity index (χ0v) is 20.2. The van der Waals surface area contributed by atoms with E-state index in [4.69, 9.17) is 14.5 Å². The van der Waals surface area contributed by atoms with Crippen LogP contribution in [0.3, 0.4) is 0 Å². The molecule has 6 nitrogen and oxygen atoms in total. The summed E-state index contributed by atoms with van der Waals surface area (Å²) in [5, 5.41) is 3.08. The second-order valence-electron chi connectivity index (χ2n) is 8.48. The normalized spacial score (nSPS) is 11.9. The highest BCUT2D eigenvalue weighted by Crippen LogP contribution is 2.24. The molecule has 34 heavy (non-hydrogen) atoms. The van der Waals surface area contributed by atoms with Crippen LogP contribution in [0.25, 0.3) is 11.0 Å². The summed E-state index contributed by atoms with van der Waals surface area (Å²) >= 11 is 0. The zero-order valence-electron chi connectivity index (χ0n) is 20.2. The van der Waals surface area contributed by atoms with Crippen LogP contribution >= 0.6 is 0 Å². The highest BCUT2D eigenvalue weighted by Gasteiger charge is 2.20. The maximum absolute atomic E-state index is 13.0. The Labute approximate surface area is 200 Å². The molecule has 1 amide bonds. The first-order valence-corrected chi connectivity index (χ1v) is 11.6. The Morgan fingerprint density at radius 2 is 1.79 bits per heavy atom. The van der Waals surface area contributed by atoms with E-state index >= 15 is 0 Å². The number of fused-ring (bicyclic) bond motifs is 1. The molecule has 1 atom stereocenters. The highest BCUT2D eigenvalue weighted by atomic mass is 16.5. The number of nitrogens with one attached hydrogen (secondary N) is 1. The number of aromatic nitrogens is 2. The summed E-state index contributed by atoms with van der Waals surface area (Å²) in [6.45, 7) is 7.41. The molecule has 0 radical (unpaired) electrons. The number of methoxy groups -OCH3 is 1. The minimum Gasteiger partial charge on any atom is -0.496 e. The third-order valence-corrected chi connectivity index (χ3v) is 5.90. The lowest BCUT2D eigenvalue weighted by molar-refractivity contribution is 0.0934. The van der Waals surface area contributed by atoms with Gasteiger partial charge in [-0.05, 0) is 68.7 Å². The van der Waals surface area contributed by atoms with Crippen LogP contribution in [0.2, 0.25) is 0 Å². The predicted octanol–water partition coefficient (Wildman–Crippen LogP) is 5.62. The van der Waals surface area contributed by atoms with E-state index in [0.29, 0.717) is 17.9 Å². The van der Waals surface area contributed by atoms with Crippen LogP contribution in [0.15, 0.2) is 66.7 Å². The molecular weight excluding hydrogens is 426 g/mol. The second-order valence-corrected chi connectivity index (χ2v) is 8.48. The van der Waals surface area contributed by atoms with Crippen molar-refractivity contribution in [3.63, 3.8) is 0 Å². The average Bonchev–Trinajstić information content (AvgIpc) is 3.22. The Morgan fingerprint density at radius 1 is 1.03 bits per heavy atom. The van der Waals surface area contributed by atoms with E-state index in [1.54, 1.807) is 19.2 Å². The molecule has 4 aromatic rings. The molecular formula is C28H31N3O3. The highest BCUT2D eigenvalue weighted by molar-refractivity contribution is 5.97. The van der Waals surface area contributed by atoms with Gasteiger partial charge in [0.1, 0.15) is 17.3 Å². The van der Waals surface area contributed by atoms with Crippen LogP contribution in [-0.2, 0) is 6.54 Å². The Balaban J connectivity index is 1.50. The van der Waals surface area contributed by atoms with E-state index in [0.717, 1.165) is 41.1 Å². The van der Waals surface area contributed by atoms with Gasteiger partial charge in [0.05, 0.1) is 36.4 Å². The van der Waals surface area contributed by atoms with Gasteiger partial charge in [-0.3, -0.25) is 4.79 Å². The summed E-state index contributed by atoms with van der Waals surface area (Å²) in [6.07, 6.45) is 0.813. The summed E-state index contributed by atoms with van der Waals surface area (Å²) in [5.41, 5.74) is 4.77. The van der Waals surface area contributed by atoms with Gasteiger partial charge in [0.15, 0.2) is 0 Å². The first kappa shape index (κ1) is 23.4. The minimum absolute atomic E-state index is 0.193. The van der Waals surface area contributed by atoms with Crippen molar-refractivity contribution < 1.29 is 14.3 Å². The predicted molar refractivity (Wildman–Crippen MR) is 135 cm³/mol.